The number of carbonyl (C=O) groups excluding carboxylic acids is 1. The van der Waals surface area contributed by atoms with Crippen LogP contribution in [0.2, 0.25) is 0 Å². The predicted molar refractivity (Wildman–Crippen MR) is 118 cm³/mol. The summed E-state index contributed by atoms with van der Waals surface area (Å²) in [6.07, 6.45) is 0.531. The van der Waals surface area contributed by atoms with Gasteiger partial charge in [-0.15, -0.1) is 0 Å². The van der Waals surface area contributed by atoms with Crippen molar-refractivity contribution in [1.29, 1.82) is 0 Å². The van der Waals surface area contributed by atoms with E-state index in [4.69, 9.17) is 18.8 Å². The maximum absolute atomic E-state index is 11.9. The number of aliphatic hydroxyl groups excluding tert-OH is 4. The van der Waals surface area contributed by atoms with E-state index in [0.29, 0.717) is 6.42 Å². The Hall–Kier alpha value is -0.860. The average Bonchev–Trinajstić information content (AvgIpc) is 2.75. The van der Waals surface area contributed by atoms with Crippen LogP contribution in [0.4, 0.5) is 0 Å². The highest BCUT2D eigenvalue weighted by atomic mass is 32.2. The Morgan fingerprint density at radius 3 is 2.06 bits per heavy atom. The summed E-state index contributed by atoms with van der Waals surface area (Å²) in [4.78, 5) is 11.9. The molecule has 33 heavy (non-hydrogen) atoms. The Morgan fingerprint density at radius 1 is 0.939 bits per heavy atom. The minimum atomic E-state index is -4.55. The molecule has 1 aliphatic heterocycles. The van der Waals surface area contributed by atoms with Crippen molar-refractivity contribution < 1.29 is 52.4 Å². The van der Waals surface area contributed by atoms with Crippen LogP contribution in [0.3, 0.4) is 0 Å². The lowest BCUT2D eigenvalue weighted by Gasteiger charge is -2.40. The lowest BCUT2D eigenvalue weighted by molar-refractivity contribution is -0.307. The van der Waals surface area contributed by atoms with Crippen molar-refractivity contribution in [2.75, 3.05) is 19.0 Å². The van der Waals surface area contributed by atoms with Gasteiger partial charge in [0.25, 0.3) is 10.1 Å². The summed E-state index contributed by atoms with van der Waals surface area (Å²) in [7, 11) is -4.55. The van der Waals surface area contributed by atoms with Crippen LogP contribution >= 0.6 is 0 Å². The zero-order valence-corrected chi connectivity index (χ0v) is 20.1. The van der Waals surface area contributed by atoms with E-state index in [2.05, 4.69) is 6.92 Å². The molecule has 196 valence electrons. The molecule has 0 aromatic heterocycles. The zero-order valence-electron chi connectivity index (χ0n) is 19.3. The van der Waals surface area contributed by atoms with E-state index in [1.54, 1.807) is 0 Å². The number of esters is 1. The van der Waals surface area contributed by atoms with Gasteiger partial charge in [0.2, 0.25) is 0 Å². The zero-order chi connectivity index (χ0) is 24.9. The highest BCUT2D eigenvalue weighted by Crippen LogP contribution is 2.24. The monoisotopic (exact) mass is 500 g/mol. The van der Waals surface area contributed by atoms with Gasteiger partial charge < -0.3 is 34.6 Å². The van der Waals surface area contributed by atoms with Crippen molar-refractivity contribution in [3.8, 4) is 0 Å². The predicted octanol–water partition coefficient (Wildman–Crippen LogP) is 0.523. The van der Waals surface area contributed by atoms with Crippen molar-refractivity contribution in [1.82, 2.24) is 0 Å². The maximum Gasteiger partial charge on any atom is 0.305 e. The van der Waals surface area contributed by atoms with E-state index in [1.165, 1.54) is 32.1 Å². The summed E-state index contributed by atoms with van der Waals surface area (Å²) in [5.41, 5.74) is 0. The van der Waals surface area contributed by atoms with E-state index in [9.17, 15) is 33.6 Å². The molecule has 0 spiro atoms. The van der Waals surface area contributed by atoms with Gasteiger partial charge in [0.15, 0.2) is 6.29 Å². The van der Waals surface area contributed by atoms with Gasteiger partial charge in [-0.3, -0.25) is 9.35 Å². The third-order valence-corrected chi connectivity index (χ3v) is 6.24. The van der Waals surface area contributed by atoms with Gasteiger partial charge in [0, 0.05) is 6.42 Å². The van der Waals surface area contributed by atoms with E-state index in [1.807, 2.05) is 0 Å². The highest BCUT2D eigenvalue weighted by Gasteiger charge is 2.46. The largest absolute Gasteiger partial charge is 0.463 e. The molecule has 11 nitrogen and oxygen atoms in total. The second kappa shape index (κ2) is 15.9. The number of rotatable bonds is 17. The molecule has 0 amide bonds. The number of carbonyl (C=O) groups is 1. The summed E-state index contributed by atoms with van der Waals surface area (Å²) in [5, 5.41) is 39.3. The summed E-state index contributed by atoms with van der Waals surface area (Å²) in [6, 6.07) is 0. The van der Waals surface area contributed by atoms with E-state index < -0.39 is 65.3 Å². The summed E-state index contributed by atoms with van der Waals surface area (Å²) in [5.74, 6) is -1.50. The van der Waals surface area contributed by atoms with E-state index in [-0.39, 0.29) is 13.0 Å². The van der Waals surface area contributed by atoms with Gasteiger partial charge in [-0.25, -0.2) is 0 Å². The smallest absolute Gasteiger partial charge is 0.305 e. The number of hydrogen-bond donors (Lipinski definition) is 5. The molecule has 1 rings (SSSR count). The molecule has 0 bridgehead atoms. The number of hydrogen-bond acceptors (Lipinski definition) is 10. The lowest BCUT2D eigenvalue weighted by atomic mass is 10.00. The van der Waals surface area contributed by atoms with E-state index >= 15 is 0 Å². The summed E-state index contributed by atoms with van der Waals surface area (Å²) < 4.78 is 46.7. The Morgan fingerprint density at radius 2 is 1.52 bits per heavy atom. The van der Waals surface area contributed by atoms with Crippen molar-refractivity contribution in [3.05, 3.63) is 0 Å². The Bertz CT molecular complexity index is 642. The van der Waals surface area contributed by atoms with Crippen molar-refractivity contribution in [2.24, 2.45) is 0 Å². The van der Waals surface area contributed by atoms with Gasteiger partial charge in [0.05, 0.1) is 6.61 Å². The fourth-order valence-corrected chi connectivity index (χ4v) is 4.23. The molecule has 0 aliphatic carbocycles. The van der Waals surface area contributed by atoms with Gasteiger partial charge >= 0.3 is 5.97 Å². The van der Waals surface area contributed by atoms with Crippen LogP contribution in [0.25, 0.3) is 0 Å². The topological polar surface area (TPSA) is 180 Å². The van der Waals surface area contributed by atoms with Gasteiger partial charge in [-0.1, -0.05) is 58.3 Å². The molecule has 1 heterocycles. The molecule has 1 saturated heterocycles. The number of unbranched alkanes of at least 4 members (excludes halogenated alkanes) is 8. The van der Waals surface area contributed by atoms with Crippen LogP contribution in [-0.2, 0) is 29.1 Å². The van der Waals surface area contributed by atoms with Crippen LogP contribution in [0.15, 0.2) is 0 Å². The average molecular weight is 501 g/mol. The first-order chi connectivity index (χ1) is 15.6. The standard InChI is InChI=1S/C21H40O11S/c1-2-3-4-5-6-7-8-9-10-11-17(23)30-13-15(12-22)31-21-20(26)19(25)18(24)16(32-21)14-33(27,28)29/h15-16,18-22,24-26H,2-14H2,1H3,(H,27,28,29)/t15?,16-,18-,19+,20-,21-/m1/s1. The maximum atomic E-state index is 11.9. The Labute approximate surface area is 195 Å². The number of ether oxygens (including phenoxy) is 3. The molecule has 6 atom stereocenters. The Balaban J connectivity index is 2.35. The third kappa shape index (κ3) is 12.4. The van der Waals surface area contributed by atoms with E-state index in [0.717, 1.165) is 19.3 Å². The molecule has 0 aromatic rings. The van der Waals surface area contributed by atoms with Crippen LogP contribution in [0, 0.1) is 0 Å². The normalized spacial score (nSPS) is 26.8. The van der Waals surface area contributed by atoms with Crippen LogP contribution in [-0.4, -0.2) is 95.1 Å². The minimum Gasteiger partial charge on any atom is -0.463 e. The molecule has 5 N–H and O–H groups in total. The lowest BCUT2D eigenvalue weighted by Crippen LogP contribution is -2.60. The molecule has 1 aliphatic rings. The SMILES string of the molecule is CCCCCCCCCCCC(=O)OCC(CO)O[C@@H]1O[C@H](CS(=O)(=O)O)[C@@H](O)[C@H](O)[C@H]1O. The van der Waals surface area contributed by atoms with Gasteiger partial charge in [-0.05, 0) is 6.42 Å². The third-order valence-electron chi connectivity index (χ3n) is 5.49. The fraction of sp³-hybridized carbons (Fsp3) is 0.952. The fourth-order valence-electron chi connectivity index (χ4n) is 3.54. The molecule has 1 unspecified atom stereocenters. The molecule has 1 fully saturated rings. The summed E-state index contributed by atoms with van der Waals surface area (Å²) in [6.45, 7) is 1.22. The first kappa shape index (κ1) is 30.2. The van der Waals surface area contributed by atoms with Crippen LogP contribution in [0.1, 0.15) is 71.1 Å². The molecular weight excluding hydrogens is 460 g/mol. The molecule has 0 aromatic carbocycles. The number of aliphatic hydroxyl groups is 4. The molecule has 0 radical (unpaired) electrons. The highest BCUT2D eigenvalue weighted by molar-refractivity contribution is 7.85. The molecule has 12 heteroatoms. The van der Waals surface area contributed by atoms with Crippen molar-refractivity contribution >= 4 is 16.1 Å². The molecular formula is C21H40O11S. The van der Waals surface area contributed by atoms with Gasteiger partial charge in [-0.2, -0.15) is 8.42 Å². The first-order valence-electron chi connectivity index (χ1n) is 11.7. The first-order valence-corrected chi connectivity index (χ1v) is 13.3. The quantitative estimate of drug-likeness (QED) is 0.107. The summed E-state index contributed by atoms with van der Waals surface area (Å²) >= 11 is 0. The van der Waals surface area contributed by atoms with Crippen molar-refractivity contribution in [2.45, 2.75) is 108 Å². The van der Waals surface area contributed by atoms with Crippen molar-refractivity contribution in [3.63, 3.8) is 0 Å². The van der Waals surface area contributed by atoms with Gasteiger partial charge in [0.1, 0.15) is 42.9 Å². The second-order valence-corrected chi connectivity index (χ2v) is 9.96. The Kier molecular flexibility index (Phi) is 14.6. The molecule has 0 saturated carbocycles. The minimum absolute atomic E-state index is 0.220. The second-order valence-electron chi connectivity index (χ2n) is 8.47. The van der Waals surface area contributed by atoms with Crippen LogP contribution < -0.4 is 0 Å². The van der Waals surface area contributed by atoms with Crippen LogP contribution in [0.5, 0.6) is 0 Å².